The first-order chi connectivity index (χ1) is 12.3. The first-order valence-electron chi connectivity index (χ1n) is 8.42. The van der Waals surface area contributed by atoms with Gasteiger partial charge in [-0.3, -0.25) is 4.79 Å². The van der Waals surface area contributed by atoms with E-state index in [9.17, 15) is 18.3 Å². The van der Waals surface area contributed by atoms with E-state index in [4.69, 9.17) is 5.73 Å². The van der Waals surface area contributed by atoms with Gasteiger partial charge >= 0.3 is 5.97 Å². The molecule has 0 aromatic heterocycles. The first kappa shape index (κ1) is 20.2. The van der Waals surface area contributed by atoms with Crippen molar-refractivity contribution in [3.05, 3.63) is 36.4 Å². The number of nitrogens with one attached hydrogen (secondary N) is 1. The molecule has 1 atom stereocenters. The number of aliphatic carboxylic acids is 1. The molecular weight excluding hydrogens is 354 g/mol. The topological polar surface area (TPSA) is 113 Å². The number of anilines is 1. The zero-order chi connectivity index (χ0) is 19.3. The van der Waals surface area contributed by atoms with Gasteiger partial charge in [-0.2, -0.15) is 4.72 Å². The fraction of sp³-hybridized carbons (Fsp3) is 0.389. The summed E-state index contributed by atoms with van der Waals surface area (Å²) in [7, 11) is -0.229. The maximum atomic E-state index is 12.9. The van der Waals surface area contributed by atoms with Crippen molar-refractivity contribution >= 4 is 32.5 Å². The molecule has 0 amide bonds. The minimum atomic E-state index is -3.99. The Balaban J connectivity index is 2.42. The molecule has 0 aliphatic rings. The lowest BCUT2D eigenvalue weighted by Gasteiger charge is -2.18. The summed E-state index contributed by atoms with van der Waals surface area (Å²) in [6.45, 7) is 0.440. The van der Waals surface area contributed by atoms with Gasteiger partial charge in [0.05, 0.1) is 4.90 Å². The number of rotatable bonds is 9. The van der Waals surface area contributed by atoms with Crippen LogP contribution in [-0.2, 0) is 14.8 Å². The lowest BCUT2D eigenvalue weighted by atomic mass is 10.1. The van der Waals surface area contributed by atoms with Crippen molar-refractivity contribution in [1.82, 2.24) is 4.72 Å². The third-order valence-corrected chi connectivity index (χ3v) is 5.70. The lowest BCUT2D eigenvalue weighted by Crippen LogP contribution is -2.40. The normalized spacial score (nSPS) is 12.9. The standard InChI is InChI=1S/C18H25N3O4S/c1-21(2)16-10-5-8-14-13(16)7-6-11-17(14)26(24,25)20-15(18(22)23)9-3-4-12-19/h5-8,10-11,15,20H,3-4,9,12,19H2,1-2H3,(H,22,23)/t15-/m1/s1. The Morgan fingerprint density at radius 3 is 2.42 bits per heavy atom. The fourth-order valence-electron chi connectivity index (χ4n) is 2.87. The monoisotopic (exact) mass is 379 g/mol. The van der Waals surface area contributed by atoms with E-state index in [2.05, 4.69) is 4.72 Å². The molecule has 0 spiro atoms. The Morgan fingerprint density at radius 2 is 1.81 bits per heavy atom. The molecule has 0 unspecified atom stereocenters. The molecule has 0 bridgehead atoms. The first-order valence-corrected chi connectivity index (χ1v) is 9.90. The van der Waals surface area contributed by atoms with Gasteiger partial charge in [0, 0.05) is 30.6 Å². The molecule has 26 heavy (non-hydrogen) atoms. The molecule has 0 fully saturated rings. The van der Waals surface area contributed by atoms with Gasteiger partial charge in [-0.15, -0.1) is 0 Å². The van der Waals surface area contributed by atoms with Crippen molar-refractivity contribution in [1.29, 1.82) is 0 Å². The predicted octanol–water partition coefficient (Wildman–Crippen LogP) is 1.77. The average molecular weight is 379 g/mol. The van der Waals surface area contributed by atoms with Crippen LogP contribution in [0.15, 0.2) is 41.3 Å². The lowest BCUT2D eigenvalue weighted by molar-refractivity contribution is -0.139. The predicted molar refractivity (Wildman–Crippen MR) is 103 cm³/mol. The highest BCUT2D eigenvalue weighted by Gasteiger charge is 2.26. The number of nitrogens with two attached hydrogens (primary N) is 1. The number of nitrogens with zero attached hydrogens (tertiary/aromatic N) is 1. The van der Waals surface area contributed by atoms with Crippen LogP contribution >= 0.6 is 0 Å². The molecule has 0 aliphatic carbocycles. The largest absolute Gasteiger partial charge is 0.480 e. The third kappa shape index (κ3) is 4.51. The van der Waals surface area contributed by atoms with Gasteiger partial charge in [0.2, 0.25) is 10.0 Å². The maximum Gasteiger partial charge on any atom is 0.321 e. The summed E-state index contributed by atoms with van der Waals surface area (Å²) in [6.07, 6.45) is 1.38. The van der Waals surface area contributed by atoms with Crippen LogP contribution in [0.25, 0.3) is 10.8 Å². The van der Waals surface area contributed by atoms with Crippen LogP contribution in [0.3, 0.4) is 0 Å². The number of unbranched alkanes of at least 4 members (excludes halogenated alkanes) is 1. The van der Waals surface area contributed by atoms with E-state index in [1.807, 2.05) is 31.1 Å². The van der Waals surface area contributed by atoms with Crippen molar-refractivity contribution < 1.29 is 18.3 Å². The summed E-state index contributed by atoms with van der Waals surface area (Å²) in [5, 5.41) is 10.7. The van der Waals surface area contributed by atoms with Crippen molar-refractivity contribution in [2.75, 3.05) is 25.5 Å². The van der Waals surface area contributed by atoms with Gasteiger partial charge in [-0.25, -0.2) is 8.42 Å². The van der Waals surface area contributed by atoms with Gasteiger partial charge in [0.25, 0.3) is 0 Å². The van der Waals surface area contributed by atoms with E-state index in [0.717, 1.165) is 11.1 Å². The Hall–Kier alpha value is -2.16. The zero-order valence-corrected chi connectivity index (χ0v) is 15.8. The summed E-state index contributed by atoms with van der Waals surface area (Å²) in [5.41, 5.74) is 6.31. The van der Waals surface area contributed by atoms with Crippen LogP contribution in [0.1, 0.15) is 19.3 Å². The average Bonchev–Trinajstić information content (AvgIpc) is 2.59. The van der Waals surface area contributed by atoms with Gasteiger partial charge in [-0.05, 0) is 31.5 Å². The van der Waals surface area contributed by atoms with Crippen molar-refractivity contribution in [2.45, 2.75) is 30.2 Å². The molecule has 0 saturated heterocycles. The number of hydrogen-bond donors (Lipinski definition) is 3. The second-order valence-corrected chi connectivity index (χ2v) is 8.00. The fourth-order valence-corrected chi connectivity index (χ4v) is 4.31. The smallest absolute Gasteiger partial charge is 0.321 e. The SMILES string of the molecule is CN(C)c1cccc2c(S(=O)(=O)N[C@H](CCCCN)C(=O)O)cccc12. The quantitative estimate of drug-likeness (QED) is 0.572. The second kappa shape index (κ2) is 8.48. The second-order valence-electron chi connectivity index (χ2n) is 6.32. The molecule has 4 N–H and O–H groups in total. The van der Waals surface area contributed by atoms with Gasteiger partial charge in [0.15, 0.2) is 0 Å². The summed E-state index contributed by atoms with van der Waals surface area (Å²) in [5.74, 6) is -1.19. The Labute approximate surface area is 153 Å². The minimum Gasteiger partial charge on any atom is -0.480 e. The van der Waals surface area contributed by atoms with Crippen LogP contribution < -0.4 is 15.4 Å². The van der Waals surface area contributed by atoms with Crippen LogP contribution in [0, 0.1) is 0 Å². The number of sulfonamides is 1. The summed E-state index contributed by atoms with van der Waals surface area (Å²) < 4.78 is 28.1. The Morgan fingerprint density at radius 1 is 1.15 bits per heavy atom. The third-order valence-electron chi connectivity index (χ3n) is 4.17. The molecule has 0 heterocycles. The van der Waals surface area contributed by atoms with E-state index in [1.54, 1.807) is 18.2 Å². The van der Waals surface area contributed by atoms with E-state index in [0.29, 0.717) is 24.8 Å². The van der Waals surface area contributed by atoms with Crippen molar-refractivity contribution in [2.24, 2.45) is 5.73 Å². The van der Waals surface area contributed by atoms with E-state index in [-0.39, 0.29) is 11.3 Å². The molecule has 8 heteroatoms. The summed E-state index contributed by atoms with van der Waals surface area (Å²) in [6, 6.07) is 9.22. The number of carbonyl (C=O) groups is 1. The van der Waals surface area contributed by atoms with Crippen molar-refractivity contribution in [3.8, 4) is 0 Å². The van der Waals surface area contributed by atoms with E-state index < -0.39 is 22.0 Å². The molecule has 2 rings (SSSR count). The maximum absolute atomic E-state index is 12.9. The molecular formula is C18H25N3O4S. The highest BCUT2D eigenvalue weighted by atomic mass is 32.2. The molecule has 7 nitrogen and oxygen atoms in total. The van der Waals surface area contributed by atoms with Gasteiger partial charge in [0.1, 0.15) is 6.04 Å². The van der Waals surface area contributed by atoms with Gasteiger partial charge < -0.3 is 15.7 Å². The highest BCUT2D eigenvalue weighted by molar-refractivity contribution is 7.89. The highest BCUT2D eigenvalue weighted by Crippen LogP contribution is 2.30. The molecule has 142 valence electrons. The number of carboxylic acid groups (broad SMARTS) is 1. The zero-order valence-electron chi connectivity index (χ0n) is 15.0. The minimum absolute atomic E-state index is 0.0729. The van der Waals surface area contributed by atoms with E-state index in [1.165, 1.54) is 6.07 Å². The number of carboxylic acids is 1. The Bertz CT molecular complexity index is 881. The molecule has 2 aromatic carbocycles. The molecule has 0 aliphatic heterocycles. The van der Waals surface area contributed by atoms with Crippen LogP contribution in [0.4, 0.5) is 5.69 Å². The van der Waals surface area contributed by atoms with Crippen LogP contribution in [-0.4, -0.2) is 46.2 Å². The number of benzene rings is 2. The van der Waals surface area contributed by atoms with Crippen LogP contribution in [0.5, 0.6) is 0 Å². The van der Waals surface area contributed by atoms with E-state index >= 15 is 0 Å². The molecule has 0 saturated carbocycles. The van der Waals surface area contributed by atoms with Gasteiger partial charge in [-0.1, -0.05) is 30.7 Å². The molecule has 0 radical (unpaired) electrons. The number of hydrogen-bond acceptors (Lipinski definition) is 5. The Kier molecular flexibility index (Phi) is 6.57. The van der Waals surface area contributed by atoms with Crippen LogP contribution in [0.2, 0.25) is 0 Å². The van der Waals surface area contributed by atoms with Crippen molar-refractivity contribution in [3.63, 3.8) is 0 Å². The number of fused-ring (bicyclic) bond motifs is 1. The summed E-state index contributed by atoms with van der Waals surface area (Å²) >= 11 is 0. The summed E-state index contributed by atoms with van der Waals surface area (Å²) in [4.78, 5) is 13.4. The molecule has 2 aromatic rings.